The molecule has 1 heterocycles. The average Bonchev–Trinajstić information content (AvgIpc) is 1.90. The second-order valence-corrected chi connectivity index (χ2v) is 2.83. The van der Waals surface area contributed by atoms with E-state index in [1.807, 2.05) is 0 Å². The van der Waals surface area contributed by atoms with Gasteiger partial charge in [-0.05, 0) is 21.7 Å². The van der Waals surface area contributed by atoms with Gasteiger partial charge in [0.15, 0.2) is 0 Å². The predicted octanol–water partition coefficient (Wildman–Crippen LogP) is 0.819. The van der Waals surface area contributed by atoms with Gasteiger partial charge in [0.2, 0.25) is 0 Å². The molecule has 1 aliphatic heterocycles. The summed E-state index contributed by atoms with van der Waals surface area (Å²) in [6.07, 6.45) is 0. The minimum Gasteiger partial charge on any atom is -0.364 e. The van der Waals surface area contributed by atoms with Crippen LogP contribution in [0.15, 0.2) is 0 Å². The topological polar surface area (TPSA) is 21.3 Å². The number of nitrogens with one attached hydrogen (secondary N) is 1. The SMILES string of the molecule is ClSC1CNCCO1. The number of halogens is 1. The second kappa shape index (κ2) is 3.56. The van der Waals surface area contributed by atoms with Crippen LogP contribution in [-0.4, -0.2) is 25.1 Å². The Bertz CT molecular complexity index is 67.1. The van der Waals surface area contributed by atoms with Crippen molar-refractivity contribution in [2.45, 2.75) is 5.44 Å². The van der Waals surface area contributed by atoms with Gasteiger partial charge < -0.3 is 10.1 Å². The maximum Gasteiger partial charge on any atom is 0.130 e. The fourth-order valence-electron chi connectivity index (χ4n) is 0.599. The minimum atomic E-state index is 0.158. The molecule has 0 amide bonds. The predicted molar refractivity (Wildman–Crippen MR) is 36.1 cm³/mol. The van der Waals surface area contributed by atoms with Crippen LogP contribution < -0.4 is 5.32 Å². The Hall–Kier alpha value is 0.560. The van der Waals surface area contributed by atoms with E-state index in [0.717, 1.165) is 19.7 Å². The quantitative estimate of drug-likeness (QED) is 0.603. The highest BCUT2D eigenvalue weighted by Gasteiger charge is 2.11. The van der Waals surface area contributed by atoms with Crippen LogP contribution in [0.3, 0.4) is 0 Å². The van der Waals surface area contributed by atoms with E-state index < -0.39 is 0 Å². The third-order valence-corrected chi connectivity index (χ3v) is 2.09. The third kappa shape index (κ3) is 1.82. The molecule has 1 N–H and O–H groups in total. The normalized spacial score (nSPS) is 30.4. The molecule has 1 rings (SSSR count). The first kappa shape index (κ1) is 6.68. The molecular weight excluding hydrogens is 146 g/mol. The summed E-state index contributed by atoms with van der Waals surface area (Å²) >= 11 is 0. The van der Waals surface area contributed by atoms with Crippen LogP contribution >= 0.6 is 21.7 Å². The molecule has 0 aromatic carbocycles. The van der Waals surface area contributed by atoms with Crippen molar-refractivity contribution in [3.8, 4) is 0 Å². The summed E-state index contributed by atoms with van der Waals surface area (Å²) in [4.78, 5) is 0. The molecule has 0 spiro atoms. The maximum absolute atomic E-state index is 5.43. The lowest BCUT2D eigenvalue weighted by Crippen LogP contribution is -2.35. The number of rotatable bonds is 1. The van der Waals surface area contributed by atoms with Gasteiger partial charge >= 0.3 is 0 Å². The maximum atomic E-state index is 5.43. The average molecular weight is 154 g/mol. The third-order valence-electron chi connectivity index (χ3n) is 0.993. The lowest BCUT2D eigenvalue weighted by atomic mass is 10.5. The fourth-order valence-corrected chi connectivity index (χ4v) is 1.27. The first-order valence-corrected chi connectivity index (χ1v) is 4.24. The highest BCUT2D eigenvalue weighted by molar-refractivity contribution is 8.21. The smallest absolute Gasteiger partial charge is 0.130 e. The summed E-state index contributed by atoms with van der Waals surface area (Å²) in [6.45, 7) is 2.60. The van der Waals surface area contributed by atoms with Crippen molar-refractivity contribution < 1.29 is 4.74 Å². The number of ether oxygens (including phenoxy) is 1. The van der Waals surface area contributed by atoms with Gasteiger partial charge in [0.05, 0.1) is 6.61 Å². The number of hydrogen-bond acceptors (Lipinski definition) is 3. The van der Waals surface area contributed by atoms with Crippen molar-refractivity contribution in [2.24, 2.45) is 0 Å². The molecule has 1 atom stereocenters. The number of morpholine rings is 1. The van der Waals surface area contributed by atoms with E-state index in [0.29, 0.717) is 0 Å². The Morgan fingerprint density at radius 2 is 2.62 bits per heavy atom. The lowest BCUT2D eigenvalue weighted by molar-refractivity contribution is 0.0861. The molecule has 0 aromatic rings. The lowest BCUT2D eigenvalue weighted by Gasteiger charge is -2.19. The largest absolute Gasteiger partial charge is 0.364 e. The molecule has 8 heavy (non-hydrogen) atoms. The molecule has 48 valence electrons. The first-order valence-electron chi connectivity index (χ1n) is 2.53. The van der Waals surface area contributed by atoms with E-state index in [4.69, 9.17) is 15.4 Å². The van der Waals surface area contributed by atoms with Crippen molar-refractivity contribution >= 4 is 21.7 Å². The van der Waals surface area contributed by atoms with E-state index in [9.17, 15) is 0 Å². The fraction of sp³-hybridized carbons (Fsp3) is 1.00. The molecule has 2 nitrogen and oxygen atoms in total. The highest BCUT2D eigenvalue weighted by Crippen LogP contribution is 2.16. The van der Waals surface area contributed by atoms with Crippen LogP contribution in [0.25, 0.3) is 0 Å². The van der Waals surface area contributed by atoms with Gasteiger partial charge in [-0.3, -0.25) is 0 Å². The standard InChI is InChI=1S/C4H8ClNOS/c5-8-4-3-6-1-2-7-4/h4,6H,1-3H2. The van der Waals surface area contributed by atoms with Crippen molar-refractivity contribution in [3.05, 3.63) is 0 Å². The van der Waals surface area contributed by atoms with Crippen molar-refractivity contribution in [1.29, 1.82) is 0 Å². The van der Waals surface area contributed by atoms with Gasteiger partial charge in [0.25, 0.3) is 0 Å². The summed E-state index contributed by atoms with van der Waals surface area (Å²) in [7, 11) is 6.67. The summed E-state index contributed by atoms with van der Waals surface area (Å²) in [5.41, 5.74) is 0.158. The Morgan fingerprint density at radius 3 is 3.00 bits per heavy atom. The molecule has 0 bridgehead atoms. The second-order valence-electron chi connectivity index (χ2n) is 1.59. The van der Waals surface area contributed by atoms with Gasteiger partial charge in [0.1, 0.15) is 5.44 Å². The van der Waals surface area contributed by atoms with Crippen LogP contribution in [0.2, 0.25) is 0 Å². The molecular formula is C4H8ClNOS. The van der Waals surface area contributed by atoms with Crippen molar-refractivity contribution in [1.82, 2.24) is 5.32 Å². The van der Waals surface area contributed by atoms with Gasteiger partial charge in [-0.2, -0.15) is 0 Å². The van der Waals surface area contributed by atoms with Crippen molar-refractivity contribution in [3.63, 3.8) is 0 Å². The molecule has 0 radical (unpaired) electrons. The van der Waals surface area contributed by atoms with Gasteiger partial charge in [-0.25, -0.2) is 0 Å². The van der Waals surface area contributed by atoms with E-state index in [-0.39, 0.29) is 5.44 Å². The van der Waals surface area contributed by atoms with Gasteiger partial charge in [-0.15, -0.1) is 0 Å². The molecule has 1 unspecified atom stereocenters. The van der Waals surface area contributed by atoms with Crippen LogP contribution in [0.1, 0.15) is 0 Å². The Labute approximate surface area is 57.4 Å². The zero-order valence-corrected chi connectivity index (χ0v) is 5.97. The zero-order valence-electron chi connectivity index (χ0n) is 4.39. The van der Waals surface area contributed by atoms with E-state index in [1.165, 1.54) is 11.0 Å². The van der Waals surface area contributed by atoms with Gasteiger partial charge in [0, 0.05) is 13.1 Å². The molecule has 0 saturated carbocycles. The van der Waals surface area contributed by atoms with E-state index in [2.05, 4.69) is 5.32 Å². The van der Waals surface area contributed by atoms with Gasteiger partial charge in [-0.1, -0.05) is 0 Å². The summed E-state index contributed by atoms with van der Waals surface area (Å²) in [6, 6.07) is 0. The first-order chi connectivity index (χ1) is 3.93. The molecule has 0 aliphatic carbocycles. The van der Waals surface area contributed by atoms with Crippen LogP contribution in [-0.2, 0) is 4.74 Å². The van der Waals surface area contributed by atoms with E-state index >= 15 is 0 Å². The van der Waals surface area contributed by atoms with Crippen LogP contribution in [0.4, 0.5) is 0 Å². The highest BCUT2D eigenvalue weighted by atomic mass is 35.7. The molecule has 1 aliphatic rings. The monoisotopic (exact) mass is 153 g/mol. The zero-order chi connectivity index (χ0) is 5.82. The summed E-state index contributed by atoms with van der Waals surface area (Å²) in [5, 5.41) is 3.16. The minimum absolute atomic E-state index is 0.158. The van der Waals surface area contributed by atoms with Crippen LogP contribution in [0.5, 0.6) is 0 Å². The van der Waals surface area contributed by atoms with E-state index in [1.54, 1.807) is 0 Å². The number of hydrogen-bond donors (Lipinski definition) is 1. The molecule has 1 fully saturated rings. The Balaban J connectivity index is 2.13. The van der Waals surface area contributed by atoms with Crippen LogP contribution in [0, 0.1) is 0 Å². The molecule has 1 saturated heterocycles. The summed E-state index contributed by atoms with van der Waals surface area (Å²) in [5.74, 6) is 0. The Morgan fingerprint density at radius 1 is 1.75 bits per heavy atom. The van der Waals surface area contributed by atoms with Crippen molar-refractivity contribution in [2.75, 3.05) is 19.7 Å². The summed E-state index contributed by atoms with van der Waals surface area (Å²) < 4.78 is 5.20. The molecule has 0 aromatic heterocycles. The Kier molecular flexibility index (Phi) is 2.97. The molecule has 4 heteroatoms.